The van der Waals surface area contributed by atoms with Crippen molar-refractivity contribution in [3.05, 3.63) is 79.0 Å². The van der Waals surface area contributed by atoms with E-state index in [1.165, 1.54) is 0 Å². The van der Waals surface area contributed by atoms with E-state index in [-0.39, 0.29) is 5.41 Å². The van der Waals surface area contributed by atoms with E-state index in [0.29, 0.717) is 5.92 Å². The average molecular weight is 387 g/mol. The molecule has 0 radical (unpaired) electrons. The Hall–Kier alpha value is -2.97. The van der Waals surface area contributed by atoms with Crippen molar-refractivity contribution >= 4 is 5.82 Å². The van der Waals surface area contributed by atoms with Crippen molar-refractivity contribution in [3.8, 4) is 11.3 Å². The molecule has 0 spiro atoms. The molecule has 4 nitrogen and oxygen atoms in total. The zero-order valence-corrected chi connectivity index (χ0v) is 17.7. The lowest BCUT2D eigenvalue weighted by atomic mass is 9.87. The van der Waals surface area contributed by atoms with E-state index in [9.17, 15) is 0 Å². The Morgan fingerprint density at radius 2 is 2.10 bits per heavy atom. The molecule has 4 heteroatoms. The first-order valence-corrected chi connectivity index (χ1v) is 10.2. The number of rotatable bonds is 5. The van der Waals surface area contributed by atoms with Crippen LogP contribution >= 0.6 is 0 Å². The molecule has 2 aromatic rings. The first-order valence-electron chi connectivity index (χ1n) is 10.2. The summed E-state index contributed by atoms with van der Waals surface area (Å²) in [6.45, 7) is 15.8. The second-order valence-electron chi connectivity index (χ2n) is 8.63. The minimum absolute atomic E-state index is 0.158. The maximum Gasteiger partial charge on any atom is 0.133 e. The fourth-order valence-electron chi connectivity index (χ4n) is 3.58. The highest BCUT2D eigenvalue weighted by molar-refractivity contribution is 5.61. The monoisotopic (exact) mass is 386 g/mol. The molecule has 150 valence electrons. The molecule has 0 bridgehead atoms. The molecule has 1 aliphatic rings. The van der Waals surface area contributed by atoms with Crippen LogP contribution in [0.2, 0.25) is 0 Å². The van der Waals surface area contributed by atoms with E-state index in [2.05, 4.69) is 66.9 Å². The second kappa shape index (κ2) is 9.02. The Bertz CT molecular complexity index is 931. The van der Waals surface area contributed by atoms with Gasteiger partial charge in [0, 0.05) is 18.0 Å². The fourth-order valence-corrected chi connectivity index (χ4v) is 3.58. The molecular formula is C25H30N4. The third kappa shape index (κ3) is 5.52. The Kier molecular flexibility index (Phi) is 6.46. The number of hydrogen-bond acceptors (Lipinski definition) is 4. The van der Waals surface area contributed by atoms with E-state index in [0.717, 1.165) is 54.2 Å². The minimum Gasteiger partial charge on any atom is -0.323 e. The summed E-state index contributed by atoms with van der Waals surface area (Å²) in [6.07, 6.45) is 10.9. The summed E-state index contributed by atoms with van der Waals surface area (Å²) in [7, 11) is 0. The molecule has 1 fully saturated rings. The van der Waals surface area contributed by atoms with Gasteiger partial charge in [-0.1, -0.05) is 57.7 Å². The number of anilines is 1. The predicted octanol–water partition coefficient (Wildman–Crippen LogP) is 5.97. The van der Waals surface area contributed by atoms with Crippen molar-refractivity contribution < 1.29 is 0 Å². The highest BCUT2D eigenvalue weighted by Crippen LogP contribution is 2.35. The molecular weight excluding hydrogens is 356 g/mol. The van der Waals surface area contributed by atoms with Crippen molar-refractivity contribution in [2.24, 2.45) is 11.3 Å². The van der Waals surface area contributed by atoms with Crippen LogP contribution in [-0.2, 0) is 0 Å². The summed E-state index contributed by atoms with van der Waals surface area (Å²) in [4.78, 5) is 7.13. The molecule has 1 unspecified atom stereocenters. The number of piperidine rings is 1. The highest BCUT2D eigenvalue weighted by Gasteiger charge is 2.27. The van der Waals surface area contributed by atoms with Crippen molar-refractivity contribution in [2.45, 2.75) is 40.0 Å². The fraction of sp³-hybridized carbons (Fsp3) is 0.360. The Labute approximate surface area is 174 Å². The van der Waals surface area contributed by atoms with E-state index in [1.54, 1.807) is 12.4 Å². The van der Waals surface area contributed by atoms with E-state index in [4.69, 9.17) is 4.98 Å². The van der Waals surface area contributed by atoms with Gasteiger partial charge in [-0.05, 0) is 42.9 Å². The van der Waals surface area contributed by atoms with Crippen LogP contribution in [0.25, 0.3) is 11.3 Å². The van der Waals surface area contributed by atoms with Crippen molar-refractivity contribution in [1.82, 2.24) is 15.2 Å². The van der Waals surface area contributed by atoms with Crippen LogP contribution in [0.1, 0.15) is 40.0 Å². The van der Waals surface area contributed by atoms with Gasteiger partial charge in [-0.2, -0.15) is 10.2 Å². The first-order chi connectivity index (χ1) is 13.9. The highest BCUT2D eigenvalue weighted by atomic mass is 15.2. The lowest BCUT2D eigenvalue weighted by Crippen LogP contribution is -2.33. The number of pyridine rings is 1. The van der Waals surface area contributed by atoms with Crippen molar-refractivity contribution in [2.75, 3.05) is 11.4 Å². The van der Waals surface area contributed by atoms with Crippen LogP contribution in [0.4, 0.5) is 5.82 Å². The number of hydrogen-bond donors (Lipinski definition) is 0. The number of allylic oxidation sites excluding steroid dienone is 4. The van der Waals surface area contributed by atoms with E-state index in [1.807, 2.05) is 24.3 Å². The third-order valence-electron chi connectivity index (χ3n) is 5.01. The van der Waals surface area contributed by atoms with Crippen LogP contribution in [0, 0.1) is 11.3 Å². The molecule has 2 aromatic heterocycles. The molecule has 0 saturated carbocycles. The summed E-state index contributed by atoms with van der Waals surface area (Å²) < 4.78 is 0. The first kappa shape index (κ1) is 20.8. The van der Waals surface area contributed by atoms with Gasteiger partial charge in [-0.3, -0.25) is 0 Å². The third-order valence-corrected chi connectivity index (χ3v) is 5.01. The Morgan fingerprint density at radius 1 is 1.28 bits per heavy atom. The predicted molar refractivity (Wildman–Crippen MR) is 120 cm³/mol. The molecule has 0 aromatic carbocycles. The summed E-state index contributed by atoms with van der Waals surface area (Å²) in [6, 6.07) is 8.01. The van der Waals surface area contributed by atoms with Crippen molar-refractivity contribution in [3.63, 3.8) is 0 Å². The number of nitrogens with zero attached hydrogens (tertiary/aromatic N) is 4. The summed E-state index contributed by atoms with van der Waals surface area (Å²) >= 11 is 0. The van der Waals surface area contributed by atoms with Gasteiger partial charge in [0.05, 0.1) is 23.8 Å². The van der Waals surface area contributed by atoms with Gasteiger partial charge in [0.15, 0.2) is 0 Å². The minimum atomic E-state index is 0.158. The maximum atomic E-state index is 4.88. The molecule has 0 aliphatic carbocycles. The molecule has 0 amide bonds. The van der Waals surface area contributed by atoms with Gasteiger partial charge in [-0.25, -0.2) is 4.98 Å². The normalized spacial score (nSPS) is 17.4. The van der Waals surface area contributed by atoms with E-state index < -0.39 is 0 Å². The van der Waals surface area contributed by atoms with Crippen LogP contribution in [0.15, 0.2) is 79.0 Å². The van der Waals surface area contributed by atoms with Crippen molar-refractivity contribution in [1.29, 1.82) is 0 Å². The van der Waals surface area contributed by atoms with Gasteiger partial charge >= 0.3 is 0 Å². The molecule has 1 atom stereocenters. The Balaban J connectivity index is 1.81. The van der Waals surface area contributed by atoms with Gasteiger partial charge in [0.25, 0.3) is 0 Å². The van der Waals surface area contributed by atoms with E-state index >= 15 is 0 Å². The lowest BCUT2D eigenvalue weighted by Gasteiger charge is -2.35. The topological polar surface area (TPSA) is 41.9 Å². The zero-order valence-electron chi connectivity index (χ0n) is 17.7. The van der Waals surface area contributed by atoms with Gasteiger partial charge in [-0.15, -0.1) is 5.73 Å². The van der Waals surface area contributed by atoms with Crippen LogP contribution in [0.3, 0.4) is 0 Å². The largest absolute Gasteiger partial charge is 0.323 e. The van der Waals surface area contributed by atoms with Gasteiger partial charge in [0.2, 0.25) is 0 Å². The Morgan fingerprint density at radius 3 is 2.79 bits per heavy atom. The molecule has 29 heavy (non-hydrogen) atoms. The molecule has 1 aliphatic heterocycles. The summed E-state index contributed by atoms with van der Waals surface area (Å²) in [5.74, 6) is 1.28. The quantitative estimate of drug-likeness (QED) is 0.469. The van der Waals surface area contributed by atoms with Crippen LogP contribution in [0.5, 0.6) is 0 Å². The van der Waals surface area contributed by atoms with Crippen LogP contribution in [-0.4, -0.2) is 21.7 Å². The number of aromatic nitrogens is 3. The SMILES string of the molecule is C=C=C1C(CC(=C)/C=C\C(C)(C)C)CCCN1c1cccc(-c2ccnnc2)n1. The smallest absolute Gasteiger partial charge is 0.133 e. The lowest BCUT2D eigenvalue weighted by molar-refractivity contribution is 0.473. The summed E-state index contributed by atoms with van der Waals surface area (Å²) in [5, 5.41) is 7.82. The molecule has 1 saturated heterocycles. The second-order valence-corrected chi connectivity index (χ2v) is 8.63. The average Bonchev–Trinajstić information content (AvgIpc) is 2.72. The maximum absolute atomic E-state index is 4.88. The molecule has 3 heterocycles. The zero-order chi connectivity index (χ0) is 20.9. The standard InChI is InChI=1S/C25H30N4/c1-6-23-20(17-19(2)12-14-25(3,4)5)9-8-16-29(23)24-11-7-10-22(28-24)21-13-15-26-27-18-21/h7,10-15,18,20H,1-2,8-9,16-17H2,3-5H3/b14-12-. The molecule has 3 rings (SSSR count). The molecule has 0 N–H and O–H groups in total. The van der Waals surface area contributed by atoms with Gasteiger partial charge < -0.3 is 4.90 Å². The van der Waals surface area contributed by atoms with Crippen LogP contribution < -0.4 is 4.90 Å². The van der Waals surface area contributed by atoms with Gasteiger partial charge in [0.1, 0.15) is 5.82 Å². The summed E-state index contributed by atoms with van der Waals surface area (Å²) in [5.41, 5.74) is 7.46.